The Morgan fingerprint density at radius 3 is 2.88 bits per heavy atom. The number of hydrogen-bond donors (Lipinski definition) is 1. The number of guanidine groups is 1. The lowest BCUT2D eigenvalue weighted by molar-refractivity contribution is -0.0721. The molecule has 7 nitrogen and oxygen atoms in total. The number of ether oxygens (including phenoxy) is 2. The molecule has 1 unspecified atom stereocenters. The summed E-state index contributed by atoms with van der Waals surface area (Å²) in [4.78, 5) is 11.2. The van der Waals surface area contributed by atoms with Gasteiger partial charge in [0, 0.05) is 45.2 Å². The van der Waals surface area contributed by atoms with E-state index in [1.807, 2.05) is 12.5 Å². The van der Waals surface area contributed by atoms with Crippen LogP contribution in [0.15, 0.2) is 23.7 Å². The first-order valence-electron chi connectivity index (χ1n) is 10.1. The Balaban J connectivity index is 1.40. The van der Waals surface area contributed by atoms with Gasteiger partial charge in [0.15, 0.2) is 5.96 Å². The molecule has 1 aromatic rings. The molecule has 0 radical (unpaired) electrons. The summed E-state index contributed by atoms with van der Waals surface area (Å²) in [5.74, 6) is 1.02. The van der Waals surface area contributed by atoms with Crippen LogP contribution in [0.2, 0.25) is 0 Å². The van der Waals surface area contributed by atoms with E-state index >= 15 is 0 Å². The zero-order valence-corrected chi connectivity index (χ0v) is 16.0. The number of imidazole rings is 1. The van der Waals surface area contributed by atoms with Crippen molar-refractivity contribution in [1.29, 1.82) is 0 Å². The third-order valence-electron chi connectivity index (χ3n) is 5.05. The molecular weight excluding hydrogens is 330 g/mol. The summed E-state index contributed by atoms with van der Waals surface area (Å²) in [6.07, 6.45) is 12.0. The lowest BCUT2D eigenvalue weighted by Crippen LogP contribution is -2.47. The van der Waals surface area contributed by atoms with Gasteiger partial charge in [0.05, 0.1) is 31.7 Å². The Labute approximate surface area is 156 Å². The highest BCUT2D eigenvalue weighted by Gasteiger charge is 2.23. The SMILES string of the molecule is CCNC(=NCCn1ccnc1)N1CCC(OCC2CCCCO2)CC1. The number of rotatable bonds is 7. The van der Waals surface area contributed by atoms with E-state index in [1.54, 1.807) is 6.20 Å². The number of nitrogens with zero attached hydrogens (tertiary/aromatic N) is 4. The fourth-order valence-electron chi connectivity index (χ4n) is 3.53. The zero-order valence-electron chi connectivity index (χ0n) is 16.0. The minimum absolute atomic E-state index is 0.309. The van der Waals surface area contributed by atoms with Crippen LogP contribution in [0.5, 0.6) is 0 Å². The molecule has 2 saturated heterocycles. The van der Waals surface area contributed by atoms with Crippen molar-refractivity contribution >= 4 is 5.96 Å². The van der Waals surface area contributed by atoms with Crippen molar-refractivity contribution in [2.45, 2.75) is 57.8 Å². The largest absolute Gasteiger partial charge is 0.376 e. The smallest absolute Gasteiger partial charge is 0.193 e. The monoisotopic (exact) mass is 363 g/mol. The summed E-state index contributed by atoms with van der Waals surface area (Å²) in [5.41, 5.74) is 0. The maximum Gasteiger partial charge on any atom is 0.193 e. The van der Waals surface area contributed by atoms with Crippen LogP contribution in [0.1, 0.15) is 39.0 Å². The Kier molecular flexibility index (Phi) is 7.76. The first kappa shape index (κ1) is 19.2. The predicted octanol–water partition coefficient (Wildman–Crippen LogP) is 1.90. The van der Waals surface area contributed by atoms with Gasteiger partial charge in [-0.05, 0) is 39.0 Å². The molecule has 146 valence electrons. The van der Waals surface area contributed by atoms with Crippen LogP contribution in [0.4, 0.5) is 0 Å². The van der Waals surface area contributed by atoms with E-state index in [1.165, 1.54) is 12.8 Å². The quantitative estimate of drug-likeness (QED) is 0.592. The molecule has 7 heteroatoms. The Bertz CT molecular complexity index is 520. The highest BCUT2D eigenvalue weighted by Crippen LogP contribution is 2.18. The minimum atomic E-state index is 0.309. The van der Waals surface area contributed by atoms with Crippen LogP contribution in [0.3, 0.4) is 0 Å². The summed E-state index contributed by atoms with van der Waals surface area (Å²) in [6.45, 7) is 8.26. The van der Waals surface area contributed by atoms with E-state index in [2.05, 4.69) is 26.7 Å². The molecule has 0 saturated carbocycles. The average molecular weight is 364 g/mol. The van der Waals surface area contributed by atoms with Gasteiger partial charge in [0.1, 0.15) is 0 Å². The van der Waals surface area contributed by atoms with E-state index < -0.39 is 0 Å². The van der Waals surface area contributed by atoms with Crippen LogP contribution in [0.25, 0.3) is 0 Å². The van der Waals surface area contributed by atoms with Crippen LogP contribution in [-0.4, -0.2) is 72.0 Å². The van der Waals surface area contributed by atoms with E-state index in [0.29, 0.717) is 12.2 Å². The number of piperidine rings is 1. The van der Waals surface area contributed by atoms with Crippen molar-refractivity contribution in [1.82, 2.24) is 19.8 Å². The number of hydrogen-bond acceptors (Lipinski definition) is 4. The fraction of sp³-hybridized carbons (Fsp3) is 0.789. The summed E-state index contributed by atoms with van der Waals surface area (Å²) < 4.78 is 13.9. The van der Waals surface area contributed by atoms with Gasteiger partial charge in [-0.25, -0.2) is 4.98 Å². The summed E-state index contributed by atoms with van der Waals surface area (Å²) in [7, 11) is 0. The molecule has 3 rings (SSSR count). The van der Waals surface area contributed by atoms with Gasteiger partial charge in [-0.2, -0.15) is 0 Å². The summed E-state index contributed by atoms with van der Waals surface area (Å²) >= 11 is 0. The van der Waals surface area contributed by atoms with Crippen molar-refractivity contribution in [2.24, 2.45) is 4.99 Å². The van der Waals surface area contributed by atoms with Crippen molar-refractivity contribution < 1.29 is 9.47 Å². The van der Waals surface area contributed by atoms with Gasteiger partial charge < -0.3 is 24.3 Å². The molecule has 2 aliphatic heterocycles. The van der Waals surface area contributed by atoms with Gasteiger partial charge in [-0.1, -0.05) is 0 Å². The molecule has 3 heterocycles. The number of likely N-dealkylation sites (tertiary alicyclic amines) is 1. The third kappa shape index (κ3) is 5.99. The van der Waals surface area contributed by atoms with Gasteiger partial charge in [0.2, 0.25) is 0 Å². The topological polar surface area (TPSA) is 63.9 Å². The number of nitrogens with one attached hydrogen (secondary N) is 1. The molecule has 26 heavy (non-hydrogen) atoms. The number of aliphatic imine (C=N–C) groups is 1. The van der Waals surface area contributed by atoms with Crippen LogP contribution < -0.4 is 5.32 Å². The zero-order chi connectivity index (χ0) is 18.0. The van der Waals surface area contributed by atoms with Gasteiger partial charge >= 0.3 is 0 Å². The maximum absolute atomic E-state index is 6.12. The highest BCUT2D eigenvalue weighted by atomic mass is 16.5. The van der Waals surface area contributed by atoms with Gasteiger partial charge in [-0.15, -0.1) is 0 Å². The molecule has 1 N–H and O–H groups in total. The summed E-state index contributed by atoms with van der Waals surface area (Å²) in [6, 6.07) is 0. The normalized spacial score (nSPS) is 22.6. The van der Waals surface area contributed by atoms with E-state index in [4.69, 9.17) is 14.5 Å². The second-order valence-corrected chi connectivity index (χ2v) is 7.04. The van der Waals surface area contributed by atoms with E-state index in [9.17, 15) is 0 Å². The van der Waals surface area contributed by atoms with E-state index in [0.717, 1.165) is 71.2 Å². The lowest BCUT2D eigenvalue weighted by atomic mass is 10.1. The molecule has 0 spiro atoms. The van der Waals surface area contributed by atoms with Gasteiger partial charge in [0.25, 0.3) is 0 Å². The molecular formula is C19H33N5O2. The van der Waals surface area contributed by atoms with E-state index in [-0.39, 0.29) is 0 Å². The van der Waals surface area contributed by atoms with Gasteiger partial charge in [-0.3, -0.25) is 4.99 Å². The molecule has 1 aromatic heterocycles. The van der Waals surface area contributed by atoms with Crippen molar-refractivity contribution in [2.75, 3.05) is 39.4 Å². The van der Waals surface area contributed by atoms with Crippen molar-refractivity contribution in [3.8, 4) is 0 Å². The first-order valence-corrected chi connectivity index (χ1v) is 10.1. The van der Waals surface area contributed by atoms with Crippen LogP contribution in [0, 0.1) is 0 Å². The molecule has 1 atom stereocenters. The second kappa shape index (κ2) is 10.5. The molecule has 0 aromatic carbocycles. The minimum Gasteiger partial charge on any atom is -0.376 e. The maximum atomic E-state index is 6.12. The van der Waals surface area contributed by atoms with Crippen LogP contribution >= 0.6 is 0 Å². The molecule has 2 aliphatic rings. The average Bonchev–Trinajstić information content (AvgIpc) is 3.20. The van der Waals surface area contributed by atoms with Crippen LogP contribution in [-0.2, 0) is 16.0 Å². The molecule has 2 fully saturated rings. The Morgan fingerprint density at radius 1 is 1.31 bits per heavy atom. The third-order valence-corrected chi connectivity index (χ3v) is 5.05. The predicted molar refractivity (Wildman–Crippen MR) is 102 cm³/mol. The van der Waals surface area contributed by atoms with Crippen molar-refractivity contribution in [3.63, 3.8) is 0 Å². The standard InChI is InChI=1S/C19H33N5O2/c1-2-21-19(22-9-13-23-12-8-20-16-23)24-10-6-17(7-11-24)26-15-18-5-3-4-14-25-18/h8,12,16-18H,2-7,9-11,13-15H2,1H3,(H,21,22). The Hall–Kier alpha value is -1.60. The van der Waals surface area contributed by atoms with Crippen molar-refractivity contribution in [3.05, 3.63) is 18.7 Å². The first-order chi connectivity index (χ1) is 12.8. The second-order valence-electron chi connectivity index (χ2n) is 7.04. The molecule has 0 bridgehead atoms. The highest BCUT2D eigenvalue weighted by molar-refractivity contribution is 5.80. The Morgan fingerprint density at radius 2 is 2.19 bits per heavy atom. The number of aromatic nitrogens is 2. The molecule has 0 amide bonds. The summed E-state index contributed by atoms with van der Waals surface area (Å²) in [5, 5.41) is 3.42. The fourth-order valence-corrected chi connectivity index (χ4v) is 3.53. The molecule has 0 aliphatic carbocycles. The lowest BCUT2D eigenvalue weighted by Gasteiger charge is -2.35.